The fraction of sp³-hybridized carbons (Fsp3) is 0.833. The van der Waals surface area contributed by atoms with Gasteiger partial charge in [-0.25, -0.2) is 9.55 Å². The lowest BCUT2D eigenvalue weighted by molar-refractivity contribution is -0.721. The predicted molar refractivity (Wildman–Crippen MR) is 86.9 cm³/mol. The Hall–Kier alpha value is -0.790. The number of hydrogen-bond acceptors (Lipinski definition) is 0. The molecule has 0 atom stereocenters. The standard InChI is InChI=1S/C18H34N2/c1-4-5-6-7-8-9-10-11-12-13-14-18-19-15-16-20(18)17(2)3/h15-17H,4-14H2,1-3H3/p+1. The summed E-state index contributed by atoms with van der Waals surface area (Å²) in [6, 6.07) is 0.569. The van der Waals surface area contributed by atoms with Crippen LogP contribution in [0.5, 0.6) is 0 Å². The highest BCUT2D eigenvalue weighted by Gasteiger charge is 2.12. The zero-order chi connectivity index (χ0) is 14.6. The first kappa shape index (κ1) is 17.3. The average Bonchev–Trinajstić information content (AvgIpc) is 2.89. The molecule has 0 saturated carbocycles. The number of rotatable bonds is 12. The quantitative estimate of drug-likeness (QED) is 0.393. The number of aryl methyl sites for hydroxylation is 1. The average molecular weight is 279 g/mol. The van der Waals surface area contributed by atoms with Crippen molar-refractivity contribution in [3.8, 4) is 0 Å². The molecular formula is C18H35N2+. The van der Waals surface area contributed by atoms with Crippen molar-refractivity contribution in [3.63, 3.8) is 0 Å². The lowest BCUT2D eigenvalue weighted by Gasteiger charge is -2.04. The molecule has 0 spiro atoms. The molecular weight excluding hydrogens is 244 g/mol. The maximum atomic E-state index is 3.38. The van der Waals surface area contributed by atoms with Crippen LogP contribution in [0.3, 0.4) is 0 Å². The molecule has 0 aliphatic heterocycles. The van der Waals surface area contributed by atoms with Crippen LogP contribution in [-0.4, -0.2) is 4.98 Å². The minimum absolute atomic E-state index is 0.569. The van der Waals surface area contributed by atoms with Crippen LogP contribution < -0.4 is 4.57 Å². The SMILES string of the molecule is CCCCCCCCCCCCc1[nH]cc[n+]1C(C)C. The van der Waals surface area contributed by atoms with E-state index < -0.39 is 0 Å². The molecule has 0 unspecified atom stereocenters. The van der Waals surface area contributed by atoms with Crippen LogP contribution in [0, 0.1) is 0 Å². The number of nitrogens with zero attached hydrogens (tertiary/aromatic N) is 1. The van der Waals surface area contributed by atoms with Crippen LogP contribution in [0.4, 0.5) is 0 Å². The van der Waals surface area contributed by atoms with Crippen molar-refractivity contribution in [2.75, 3.05) is 0 Å². The van der Waals surface area contributed by atoms with Crippen LogP contribution in [0.1, 0.15) is 96.8 Å². The summed E-state index contributed by atoms with van der Waals surface area (Å²) in [4.78, 5) is 3.38. The third kappa shape index (κ3) is 7.12. The van der Waals surface area contributed by atoms with Gasteiger partial charge in [0.2, 0.25) is 0 Å². The van der Waals surface area contributed by atoms with E-state index >= 15 is 0 Å². The summed E-state index contributed by atoms with van der Waals surface area (Å²) < 4.78 is 2.35. The van der Waals surface area contributed by atoms with E-state index in [1.54, 1.807) is 0 Å². The van der Waals surface area contributed by atoms with Gasteiger partial charge in [-0.3, -0.25) is 0 Å². The van der Waals surface area contributed by atoms with Crippen LogP contribution in [0.2, 0.25) is 0 Å². The Balaban J connectivity index is 1.96. The van der Waals surface area contributed by atoms with E-state index in [0.717, 1.165) is 0 Å². The molecule has 2 heteroatoms. The topological polar surface area (TPSA) is 19.7 Å². The van der Waals surface area contributed by atoms with Crippen molar-refractivity contribution < 1.29 is 4.57 Å². The Kier molecular flexibility index (Phi) is 9.44. The van der Waals surface area contributed by atoms with Gasteiger partial charge in [-0.05, 0) is 20.3 Å². The number of unbranched alkanes of at least 4 members (excludes halogenated alkanes) is 9. The molecule has 20 heavy (non-hydrogen) atoms. The van der Waals surface area contributed by atoms with Gasteiger partial charge >= 0.3 is 0 Å². The van der Waals surface area contributed by atoms with Crippen molar-refractivity contribution in [1.29, 1.82) is 0 Å². The minimum Gasteiger partial charge on any atom is -0.248 e. The Bertz CT molecular complexity index is 328. The highest BCUT2D eigenvalue weighted by atomic mass is 15.1. The van der Waals surface area contributed by atoms with E-state index in [-0.39, 0.29) is 0 Å². The molecule has 116 valence electrons. The van der Waals surface area contributed by atoms with E-state index in [4.69, 9.17) is 0 Å². The highest BCUT2D eigenvalue weighted by Crippen LogP contribution is 2.11. The third-order valence-electron chi connectivity index (χ3n) is 4.12. The number of aromatic nitrogens is 2. The van der Waals surface area contributed by atoms with Crippen LogP contribution >= 0.6 is 0 Å². The molecule has 1 aromatic heterocycles. The van der Waals surface area contributed by atoms with Crippen LogP contribution in [0.15, 0.2) is 12.4 Å². The Labute approximate surface area is 126 Å². The van der Waals surface area contributed by atoms with Gasteiger partial charge in [0.1, 0.15) is 12.4 Å². The van der Waals surface area contributed by atoms with Crippen LogP contribution in [-0.2, 0) is 6.42 Å². The second-order valence-corrected chi connectivity index (χ2v) is 6.34. The zero-order valence-electron chi connectivity index (χ0n) is 14.0. The van der Waals surface area contributed by atoms with Gasteiger partial charge in [0, 0.05) is 6.42 Å². The summed E-state index contributed by atoms with van der Waals surface area (Å²) in [6.45, 7) is 6.78. The van der Waals surface area contributed by atoms with E-state index in [9.17, 15) is 0 Å². The summed E-state index contributed by atoms with van der Waals surface area (Å²) >= 11 is 0. The maximum Gasteiger partial charge on any atom is 0.254 e. The summed E-state index contributed by atoms with van der Waals surface area (Å²) in [6.07, 6.45) is 19.5. The second-order valence-electron chi connectivity index (χ2n) is 6.34. The molecule has 0 radical (unpaired) electrons. The van der Waals surface area contributed by atoms with E-state index in [1.807, 2.05) is 0 Å². The lowest BCUT2D eigenvalue weighted by Crippen LogP contribution is -2.38. The van der Waals surface area contributed by atoms with Gasteiger partial charge < -0.3 is 0 Å². The maximum absolute atomic E-state index is 3.38. The Morgan fingerprint density at radius 1 is 0.900 bits per heavy atom. The molecule has 1 rings (SSSR count). The van der Waals surface area contributed by atoms with Gasteiger partial charge in [-0.15, -0.1) is 0 Å². The molecule has 0 fully saturated rings. The smallest absolute Gasteiger partial charge is 0.248 e. The molecule has 0 amide bonds. The number of nitrogens with one attached hydrogen (secondary N) is 1. The largest absolute Gasteiger partial charge is 0.254 e. The molecule has 1 N–H and O–H groups in total. The highest BCUT2D eigenvalue weighted by molar-refractivity contribution is 4.78. The van der Waals surface area contributed by atoms with Gasteiger partial charge in [-0.1, -0.05) is 64.7 Å². The molecule has 0 aliphatic carbocycles. The van der Waals surface area contributed by atoms with Crippen molar-refractivity contribution in [2.45, 2.75) is 97.4 Å². The Morgan fingerprint density at radius 3 is 2.00 bits per heavy atom. The van der Waals surface area contributed by atoms with Crippen molar-refractivity contribution in [2.24, 2.45) is 0 Å². The molecule has 1 heterocycles. The van der Waals surface area contributed by atoms with Crippen LogP contribution in [0.25, 0.3) is 0 Å². The zero-order valence-corrected chi connectivity index (χ0v) is 14.0. The van der Waals surface area contributed by atoms with E-state index in [2.05, 4.69) is 42.7 Å². The van der Waals surface area contributed by atoms with E-state index in [0.29, 0.717) is 6.04 Å². The number of H-pyrrole nitrogens is 1. The first-order valence-corrected chi connectivity index (χ1v) is 8.83. The second kappa shape index (κ2) is 10.9. The van der Waals surface area contributed by atoms with Gasteiger partial charge in [0.25, 0.3) is 5.82 Å². The molecule has 2 nitrogen and oxygen atoms in total. The molecule has 0 aromatic carbocycles. The molecule has 0 saturated heterocycles. The normalized spacial score (nSPS) is 11.4. The fourth-order valence-corrected chi connectivity index (χ4v) is 2.84. The first-order valence-electron chi connectivity index (χ1n) is 8.83. The molecule has 0 bridgehead atoms. The number of aromatic amines is 1. The summed E-state index contributed by atoms with van der Waals surface area (Å²) in [5, 5.41) is 0. The van der Waals surface area contributed by atoms with Crippen molar-refractivity contribution in [3.05, 3.63) is 18.2 Å². The van der Waals surface area contributed by atoms with Crippen molar-refractivity contribution in [1.82, 2.24) is 4.98 Å². The third-order valence-corrected chi connectivity index (χ3v) is 4.12. The lowest BCUT2D eigenvalue weighted by atomic mass is 10.1. The molecule has 1 aromatic rings. The van der Waals surface area contributed by atoms with Gasteiger partial charge in [0.15, 0.2) is 0 Å². The monoisotopic (exact) mass is 279 g/mol. The first-order chi connectivity index (χ1) is 9.75. The van der Waals surface area contributed by atoms with Gasteiger partial charge in [0.05, 0.1) is 6.04 Å². The Morgan fingerprint density at radius 2 is 1.45 bits per heavy atom. The molecule has 0 aliphatic rings. The number of hydrogen-bond donors (Lipinski definition) is 1. The van der Waals surface area contributed by atoms with Gasteiger partial charge in [-0.2, -0.15) is 0 Å². The summed E-state index contributed by atoms with van der Waals surface area (Å²) in [5.41, 5.74) is 0. The summed E-state index contributed by atoms with van der Waals surface area (Å²) in [7, 11) is 0. The fourth-order valence-electron chi connectivity index (χ4n) is 2.84. The minimum atomic E-state index is 0.569. The predicted octanol–water partition coefficient (Wildman–Crippen LogP) is 5.35. The summed E-state index contributed by atoms with van der Waals surface area (Å²) in [5.74, 6) is 1.39. The van der Waals surface area contributed by atoms with E-state index in [1.165, 1.54) is 76.5 Å². The van der Waals surface area contributed by atoms with Crippen molar-refractivity contribution >= 4 is 0 Å². The number of imidazole rings is 1.